The zero-order valence-electron chi connectivity index (χ0n) is 10.9. The van der Waals surface area contributed by atoms with Crippen LogP contribution in [0.25, 0.3) is 0 Å². The fraction of sp³-hybridized carbons (Fsp3) is 0.214. The van der Waals surface area contributed by atoms with Crippen molar-refractivity contribution in [1.82, 2.24) is 14.8 Å². The van der Waals surface area contributed by atoms with Crippen LogP contribution in [0.4, 0.5) is 5.82 Å². The summed E-state index contributed by atoms with van der Waals surface area (Å²) >= 11 is 0. The molecule has 20 heavy (non-hydrogen) atoms. The fourth-order valence-electron chi connectivity index (χ4n) is 1.58. The number of nitrogens with one attached hydrogen (secondary N) is 1. The van der Waals surface area contributed by atoms with Crippen LogP contribution < -0.4 is 11.1 Å². The van der Waals surface area contributed by atoms with Crippen molar-refractivity contribution in [2.75, 3.05) is 11.9 Å². The molecule has 0 aliphatic heterocycles. The van der Waals surface area contributed by atoms with Gasteiger partial charge in [-0.1, -0.05) is 11.8 Å². The van der Waals surface area contributed by atoms with Crippen molar-refractivity contribution in [2.45, 2.75) is 13.0 Å². The lowest BCUT2D eigenvalue weighted by Crippen LogP contribution is -2.15. The van der Waals surface area contributed by atoms with E-state index in [0.29, 0.717) is 25.3 Å². The zero-order valence-corrected chi connectivity index (χ0v) is 10.9. The number of amides is 1. The molecule has 0 saturated heterocycles. The summed E-state index contributed by atoms with van der Waals surface area (Å²) in [6.45, 7) is 0.833. The summed E-state index contributed by atoms with van der Waals surface area (Å²) in [5.74, 6) is 6.02. The molecule has 2 heterocycles. The fourth-order valence-corrected chi connectivity index (χ4v) is 1.58. The summed E-state index contributed by atoms with van der Waals surface area (Å²) in [5.41, 5.74) is 6.09. The first-order chi connectivity index (χ1) is 9.78. The summed E-state index contributed by atoms with van der Waals surface area (Å²) in [5, 5.41) is 6.77. The van der Waals surface area contributed by atoms with E-state index in [2.05, 4.69) is 27.2 Å². The first-order valence-corrected chi connectivity index (χ1v) is 6.20. The topological polar surface area (TPSA) is 85.8 Å². The van der Waals surface area contributed by atoms with E-state index in [4.69, 9.17) is 5.73 Å². The maximum atomic E-state index is 11.8. The van der Waals surface area contributed by atoms with Crippen LogP contribution in [0.5, 0.6) is 0 Å². The van der Waals surface area contributed by atoms with Gasteiger partial charge < -0.3 is 11.1 Å². The van der Waals surface area contributed by atoms with E-state index in [1.165, 1.54) is 0 Å². The number of nitrogens with zero attached hydrogens (tertiary/aromatic N) is 3. The van der Waals surface area contributed by atoms with E-state index in [9.17, 15) is 4.79 Å². The molecule has 0 saturated carbocycles. The Bertz CT molecular complexity index is 625. The van der Waals surface area contributed by atoms with Gasteiger partial charge in [0.05, 0.1) is 6.54 Å². The summed E-state index contributed by atoms with van der Waals surface area (Å²) in [6.07, 6.45) is 5.43. The molecule has 0 fully saturated rings. The van der Waals surface area contributed by atoms with Gasteiger partial charge in [0.15, 0.2) is 0 Å². The number of carbonyl (C=O) groups is 1. The molecule has 0 aliphatic carbocycles. The number of aryl methyl sites for hydroxylation is 1. The minimum Gasteiger partial charge on any atom is -0.320 e. The Labute approximate surface area is 117 Å². The Morgan fingerprint density at radius 1 is 1.45 bits per heavy atom. The van der Waals surface area contributed by atoms with Gasteiger partial charge in [-0.2, -0.15) is 5.10 Å². The molecule has 3 N–H and O–H groups in total. The van der Waals surface area contributed by atoms with Crippen LogP contribution in [0.1, 0.15) is 12.0 Å². The largest absolute Gasteiger partial charge is 0.320 e. The summed E-state index contributed by atoms with van der Waals surface area (Å²) in [7, 11) is 0. The molecular formula is C14H15N5O. The third-order valence-electron chi connectivity index (χ3n) is 2.49. The molecule has 0 atom stereocenters. The van der Waals surface area contributed by atoms with E-state index in [-0.39, 0.29) is 5.91 Å². The van der Waals surface area contributed by atoms with Crippen LogP contribution in [0.15, 0.2) is 36.8 Å². The monoisotopic (exact) mass is 269 g/mol. The molecule has 1 amide bonds. The molecule has 6 nitrogen and oxygen atoms in total. The van der Waals surface area contributed by atoms with Crippen LogP contribution in [0, 0.1) is 11.8 Å². The van der Waals surface area contributed by atoms with Crippen molar-refractivity contribution in [2.24, 2.45) is 5.73 Å². The normalized spacial score (nSPS) is 9.65. The average molecular weight is 269 g/mol. The quantitative estimate of drug-likeness (QED) is 0.797. The molecule has 2 rings (SSSR count). The maximum absolute atomic E-state index is 11.8. The maximum Gasteiger partial charge on any atom is 0.227 e. The number of anilines is 1. The van der Waals surface area contributed by atoms with Crippen LogP contribution in [-0.2, 0) is 11.3 Å². The van der Waals surface area contributed by atoms with E-state index < -0.39 is 0 Å². The highest BCUT2D eigenvalue weighted by atomic mass is 16.1. The molecule has 102 valence electrons. The molecule has 0 aromatic carbocycles. The van der Waals surface area contributed by atoms with E-state index in [1.807, 2.05) is 12.3 Å². The summed E-state index contributed by atoms with van der Waals surface area (Å²) in [4.78, 5) is 15.9. The first-order valence-electron chi connectivity index (χ1n) is 6.20. The molecule has 2 aromatic rings. The number of rotatable bonds is 4. The minimum atomic E-state index is -0.114. The third-order valence-corrected chi connectivity index (χ3v) is 2.49. The van der Waals surface area contributed by atoms with Crippen LogP contribution >= 0.6 is 0 Å². The second kappa shape index (κ2) is 7.07. The Balaban J connectivity index is 1.90. The van der Waals surface area contributed by atoms with Gasteiger partial charge in [0, 0.05) is 37.1 Å². The lowest BCUT2D eigenvalue weighted by Gasteiger charge is -2.04. The van der Waals surface area contributed by atoms with Crippen molar-refractivity contribution < 1.29 is 4.79 Å². The Kier molecular flexibility index (Phi) is 4.87. The predicted octanol–water partition coefficient (Wildman–Crippen LogP) is 0.617. The van der Waals surface area contributed by atoms with Gasteiger partial charge in [-0.25, -0.2) is 4.98 Å². The second-order valence-electron chi connectivity index (χ2n) is 4.00. The Morgan fingerprint density at radius 3 is 3.10 bits per heavy atom. The highest BCUT2D eigenvalue weighted by Gasteiger charge is 2.04. The van der Waals surface area contributed by atoms with Gasteiger partial charge in [-0.3, -0.25) is 9.48 Å². The zero-order chi connectivity index (χ0) is 14.2. The summed E-state index contributed by atoms with van der Waals surface area (Å²) < 4.78 is 1.70. The van der Waals surface area contributed by atoms with Gasteiger partial charge >= 0.3 is 0 Å². The molecule has 0 spiro atoms. The number of pyridine rings is 1. The lowest BCUT2D eigenvalue weighted by atomic mass is 10.2. The third kappa shape index (κ3) is 4.23. The highest BCUT2D eigenvalue weighted by molar-refractivity contribution is 5.89. The van der Waals surface area contributed by atoms with Gasteiger partial charge in [-0.05, 0) is 18.2 Å². The molecule has 0 bridgehead atoms. The lowest BCUT2D eigenvalue weighted by molar-refractivity contribution is -0.116. The predicted molar refractivity (Wildman–Crippen MR) is 75.6 cm³/mol. The Morgan fingerprint density at radius 2 is 2.35 bits per heavy atom. The van der Waals surface area contributed by atoms with Crippen LogP contribution in [0.3, 0.4) is 0 Å². The first kappa shape index (κ1) is 13.8. The molecule has 6 heteroatoms. The number of aromatic nitrogens is 3. The van der Waals surface area contributed by atoms with Crippen LogP contribution in [-0.4, -0.2) is 27.2 Å². The molecule has 0 radical (unpaired) electrons. The molecule has 2 aromatic heterocycles. The smallest absolute Gasteiger partial charge is 0.227 e. The standard InChI is InChI=1S/C14H15N5O/c15-6-1-3-12-4-8-16-13(11-12)18-14(20)5-10-19-9-2-7-17-19/h2,4,7-9,11H,5-6,10,15H2,(H,16,18,20). The van der Waals surface area contributed by atoms with Gasteiger partial charge in [0.1, 0.15) is 5.82 Å². The SMILES string of the molecule is NCC#Cc1ccnc(NC(=O)CCn2cccn2)c1. The van der Waals surface area contributed by atoms with Gasteiger partial charge in [-0.15, -0.1) is 0 Å². The molecule has 0 aliphatic rings. The van der Waals surface area contributed by atoms with Gasteiger partial charge in [0.25, 0.3) is 0 Å². The summed E-state index contributed by atoms with van der Waals surface area (Å²) in [6, 6.07) is 5.30. The molecule has 0 unspecified atom stereocenters. The number of carbonyl (C=O) groups excluding carboxylic acids is 1. The van der Waals surface area contributed by atoms with Crippen molar-refractivity contribution in [1.29, 1.82) is 0 Å². The second-order valence-corrected chi connectivity index (χ2v) is 4.00. The number of hydrogen-bond donors (Lipinski definition) is 2. The average Bonchev–Trinajstić information content (AvgIpc) is 2.97. The molecular weight excluding hydrogens is 254 g/mol. The number of nitrogens with two attached hydrogens (primary N) is 1. The van der Waals surface area contributed by atoms with Crippen molar-refractivity contribution in [3.8, 4) is 11.8 Å². The Hall–Kier alpha value is -2.65. The van der Waals surface area contributed by atoms with Crippen molar-refractivity contribution in [3.63, 3.8) is 0 Å². The van der Waals surface area contributed by atoms with Crippen molar-refractivity contribution >= 4 is 11.7 Å². The number of hydrogen-bond acceptors (Lipinski definition) is 4. The van der Waals surface area contributed by atoms with E-state index >= 15 is 0 Å². The van der Waals surface area contributed by atoms with Gasteiger partial charge in [0.2, 0.25) is 5.91 Å². The van der Waals surface area contributed by atoms with Crippen LogP contribution in [0.2, 0.25) is 0 Å². The van der Waals surface area contributed by atoms with E-state index in [0.717, 1.165) is 5.56 Å². The van der Waals surface area contributed by atoms with Crippen molar-refractivity contribution in [3.05, 3.63) is 42.4 Å². The van der Waals surface area contributed by atoms with E-state index in [1.54, 1.807) is 29.2 Å². The highest BCUT2D eigenvalue weighted by Crippen LogP contribution is 2.06. The minimum absolute atomic E-state index is 0.114.